The number of carbonyl (C=O) groups is 1. The highest BCUT2D eigenvalue weighted by Gasteiger charge is 2.30. The maximum absolute atomic E-state index is 12.0. The molecule has 3 aromatic heterocycles. The first-order valence-electron chi connectivity index (χ1n) is 10.5. The Morgan fingerprint density at radius 1 is 1.29 bits per heavy atom. The summed E-state index contributed by atoms with van der Waals surface area (Å²) >= 11 is 0. The largest absolute Gasteiger partial charge is 0.369 e. The zero-order chi connectivity index (χ0) is 21.4. The van der Waals surface area contributed by atoms with Gasteiger partial charge in [0.05, 0.1) is 10.9 Å². The molecular weight excluding hydrogens is 398 g/mol. The number of rotatable bonds is 5. The predicted molar refractivity (Wildman–Crippen MR) is 114 cm³/mol. The Hall–Kier alpha value is -3.40. The van der Waals surface area contributed by atoms with Crippen LogP contribution in [0.2, 0.25) is 0 Å². The van der Waals surface area contributed by atoms with Crippen LogP contribution in [0.4, 0.5) is 5.82 Å². The van der Waals surface area contributed by atoms with Gasteiger partial charge in [0.15, 0.2) is 11.0 Å². The molecule has 160 valence electrons. The van der Waals surface area contributed by atoms with E-state index in [-0.39, 0.29) is 5.56 Å². The van der Waals surface area contributed by atoms with E-state index >= 15 is 0 Å². The number of hydrogen-bond acceptors (Lipinski definition) is 9. The van der Waals surface area contributed by atoms with Gasteiger partial charge >= 0.3 is 5.97 Å². The van der Waals surface area contributed by atoms with E-state index in [4.69, 9.17) is 4.98 Å². The number of hydrogen-bond donors (Lipinski definition) is 1. The maximum Gasteiger partial charge on any atom is 0.369 e. The number of nitrogens with zero attached hydrogens (tertiary/aromatic N) is 6. The molecule has 31 heavy (non-hydrogen) atoms. The highest BCUT2D eigenvalue weighted by molar-refractivity contribution is 5.94. The lowest BCUT2D eigenvalue weighted by atomic mass is 9.80. The normalized spacial score (nSPS) is 19.3. The van der Waals surface area contributed by atoms with Crippen molar-refractivity contribution in [3.63, 3.8) is 0 Å². The van der Waals surface area contributed by atoms with Gasteiger partial charge in [0.25, 0.3) is 0 Å². The fourth-order valence-electron chi connectivity index (χ4n) is 4.41. The van der Waals surface area contributed by atoms with Crippen molar-refractivity contribution in [3.05, 3.63) is 46.9 Å². The SMILES string of the molecule is C[C@H]1CNCCN1c1ncnc2c1c(C1CCC1)cn2-c1cc(C(=O)ON=O)ccn1. The molecule has 0 amide bonds. The standard InChI is InChI=1S/C21H23N7O3/c1-13-10-22-7-8-27(13)19-18-16(14-3-2-4-14)11-28(20(18)25-12-24-19)17-9-15(5-6-23-17)21(29)31-26-30/h5-6,9,11-14,22H,2-4,7-8,10H2,1H3/t13-/m0/s1. The fraction of sp³-hybridized carbons (Fsp3) is 0.429. The van der Waals surface area contributed by atoms with Crippen LogP contribution in [0.1, 0.15) is 48.0 Å². The molecule has 3 aromatic rings. The lowest BCUT2D eigenvalue weighted by Gasteiger charge is -2.35. The van der Waals surface area contributed by atoms with E-state index in [0.29, 0.717) is 17.8 Å². The monoisotopic (exact) mass is 421 g/mol. The van der Waals surface area contributed by atoms with E-state index in [9.17, 15) is 9.70 Å². The van der Waals surface area contributed by atoms with Crippen LogP contribution in [0.25, 0.3) is 16.9 Å². The van der Waals surface area contributed by atoms with E-state index in [0.717, 1.165) is 49.3 Å². The zero-order valence-corrected chi connectivity index (χ0v) is 17.2. The van der Waals surface area contributed by atoms with E-state index in [1.165, 1.54) is 24.2 Å². The summed E-state index contributed by atoms with van der Waals surface area (Å²) in [7, 11) is 0. The van der Waals surface area contributed by atoms with Crippen molar-refractivity contribution < 1.29 is 9.63 Å². The molecule has 0 radical (unpaired) electrons. The van der Waals surface area contributed by atoms with Crippen LogP contribution in [0.15, 0.2) is 36.2 Å². The van der Waals surface area contributed by atoms with Gasteiger partial charge in [-0.25, -0.2) is 19.7 Å². The van der Waals surface area contributed by atoms with Gasteiger partial charge < -0.3 is 10.2 Å². The van der Waals surface area contributed by atoms with Gasteiger partial charge in [-0.05, 0) is 43.4 Å². The number of fused-ring (bicyclic) bond motifs is 1. The van der Waals surface area contributed by atoms with Crippen molar-refractivity contribution in [2.75, 3.05) is 24.5 Å². The molecule has 1 N–H and O–H groups in total. The van der Waals surface area contributed by atoms with E-state index < -0.39 is 5.97 Å². The molecule has 0 spiro atoms. The topological polar surface area (TPSA) is 115 Å². The van der Waals surface area contributed by atoms with Crippen LogP contribution in [0.3, 0.4) is 0 Å². The van der Waals surface area contributed by atoms with Crippen LogP contribution in [0.5, 0.6) is 0 Å². The van der Waals surface area contributed by atoms with Crippen molar-refractivity contribution in [1.82, 2.24) is 24.8 Å². The molecular formula is C21H23N7O3. The molecule has 10 nitrogen and oxygen atoms in total. The molecule has 4 heterocycles. The lowest BCUT2D eigenvalue weighted by Crippen LogP contribution is -2.50. The molecule has 1 saturated carbocycles. The minimum absolute atomic E-state index is 0.196. The predicted octanol–water partition coefficient (Wildman–Crippen LogP) is 2.72. The first-order chi connectivity index (χ1) is 15.2. The van der Waals surface area contributed by atoms with Gasteiger partial charge in [0.2, 0.25) is 0 Å². The summed E-state index contributed by atoms with van der Waals surface area (Å²) in [4.78, 5) is 42.6. The van der Waals surface area contributed by atoms with E-state index in [2.05, 4.69) is 43.5 Å². The average Bonchev–Trinajstić information content (AvgIpc) is 3.13. The number of carbonyl (C=O) groups excluding carboxylic acids is 1. The molecule has 2 fully saturated rings. The number of aromatic nitrogens is 4. The molecule has 0 bridgehead atoms. The molecule has 0 unspecified atom stereocenters. The second-order valence-corrected chi connectivity index (χ2v) is 8.08. The van der Waals surface area contributed by atoms with Gasteiger partial charge in [0, 0.05) is 38.1 Å². The minimum atomic E-state index is -0.820. The highest BCUT2D eigenvalue weighted by Crippen LogP contribution is 2.43. The summed E-state index contributed by atoms with van der Waals surface area (Å²) in [5.41, 5.74) is 2.16. The van der Waals surface area contributed by atoms with Crippen molar-refractivity contribution in [2.45, 2.75) is 38.1 Å². The summed E-state index contributed by atoms with van der Waals surface area (Å²) in [5.74, 6) is 1.10. The third-order valence-electron chi connectivity index (χ3n) is 6.26. The Morgan fingerprint density at radius 3 is 2.90 bits per heavy atom. The average molecular weight is 421 g/mol. The van der Waals surface area contributed by atoms with Crippen LogP contribution in [-0.4, -0.2) is 51.2 Å². The molecule has 0 aromatic carbocycles. The lowest BCUT2D eigenvalue weighted by molar-refractivity contribution is 0.0508. The van der Waals surface area contributed by atoms with Crippen LogP contribution in [0, 0.1) is 4.91 Å². The molecule has 10 heteroatoms. The fourth-order valence-corrected chi connectivity index (χ4v) is 4.41. The molecule has 1 atom stereocenters. The zero-order valence-electron chi connectivity index (χ0n) is 17.2. The number of anilines is 1. The highest BCUT2D eigenvalue weighted by atomic mass is 16.7. The number of piperazine rings is 1. The summed E-state index contributed by atoms with van der Waals surface area (Å²) in [6.07, 6.45) is 8.64. The Kier molecular flexibility index (Phi) is 5.06. The van der Waals surface area contributed by atoms with E-state index in [1.807, 2.05) is 4.57 Å². The second kappa shape index (κ2) is 8.03. The molecule has 1 aliphatic heterocycles. The Labute approximate surface area is 178 Å². The van der Waals surface area contributed by atoms with Crippen molar-refractivity contribution in [2.24, 2.45) is 5.34 Å². The Bertz CT molecular complexity index is 1140. The third-order valence-corrected chi connectivity index (χ3v) is 6.26. The maximum atomic E-state index is 12.0. The second-order valence-electron chi connectivity index (χ2n) is 8.08. The molecule has 1 saturated heterocycles. The Balaban J connectivity index is 1.67. The third kappa shape index (κ3) is 3.42. The van der Waals surface area contributed by atoms with Gasteiger partial charge in [-0.2, -0.15) is 0 Å². The summed E-state index contributed by atoms with van der Waals surface area (Å²) in [6.45, 7) is 4.88. The summed E-state index contributed by atoms with van der Waals surface area (Å²) in [5, 5.41) is 6.70. The molecule has 5 rings (SSSR count). The van der Waals surface area contributed by atoms with Gasteiger partial charge in [-0.1, -0.05) is 6.42 Å². The van der Waals surface area contributed by atoms with Crippen LogP contribution < -0.4 is 10.2 Å². The summed E-state index contributed by atoms with van der Waals surface area (Å²) in [6, 6.07) is 3.38. The van der Waals surface area contributed by atoms with Crippen LogP contribution >= 0.6 is 0 Å². The number of pyridine rings is 1. The Morgan fingerprint density at radius 2 is 2.16 bits per heavy atom. The number of nitrogens with one attached hydrogen (secondary N) is 1. The first-order valence-corrected chi connectivity index (χ1v) is 10.5. The van der Waals surface area contributed by atoms with E-state index in [1.54, 1.807) is 12.4 Å². The van der Waals surface area contributed by atoms with Gasteiger partial charge in [-0.15, -0.1) is 4.91 Å². The van der Waals surface area contributed by atoms with Crippen LogP contribution in [-0.2, 0) is 4.84 Å². The van der Waals surface area contributed by atoms with Gasteiger partial charge in [0.1, 0.15) is 18.0 Å². The van der Waals surface area contributed by atoms with Gasteiger partial charge in [-0.3, -0.25) is 9.40 Å². The molecule has 2 aliphatic rings. The van der Waals surface area contributed by atoms with Crippen molar-refractivity contribution in [3.8, 4) is 5.82 Å². The molecule has 1 aliphatic carbocycles. The smallest absolute Gasteiger partial charge is 0.351 e. The minimum Gasteiger partial charge on any atom is -0.351 e. The summed E-state index contributed by atoms with van der Waals surface area (Å²) < 4.78 is 1.89. The quantitative estimate of drug-likeness (QED) is 0.494. The first kappa shape index (κ1) is 19.6. The van der Waals surface area contributed by atoms with Crippen molar-refractivity contribution >= 4 is 22.8 Å². The van der Waals surface area contributed by atoms with Crippen molar-refractivity contribution in [1.29, 1.82) is 0 Å².